The number of benzene rings is 3. The molecule has 0 aliphatic heterocycles. The SMILES string of the molecule is CCCC(=O)OOc1cccc(S(=O)(=O)c2ccc(CCCNC[C@H](O)c3cccc(Cl)c3)cc2)c1. The Kier molecular flexibility index (Phi) is 10.3. The van der Waals surface area contributed by atoms with Crippen molar-refractivity contribution >= 4 is 27.4 Å². The summed E-state index contributed by atoms with van der Waals surface area (Å²) in [5, 5.41) is 14.1. The number of nitrogens with one attached hydrogen (secondary N) is 1. The zero-order valence-electron chi connectivity index (χ0n) is 20.0. The number of sulfone groups is 1. The van der Waals surface area contributed by atoms with Crippen molar-refractivity contribution in [3.8, 4) is 5.75 Å². The molecule has 192 valence electrons. The molecule has 1 atom stereocenters. The smallest absolute Gasteiger partial charge is 0.355 e. The number of carbonyl (C=O) groups is 1. The van der Waals surface area contributed by atoms with Crippen LogP contribution < -0.4 is 10.2 Å². The zero-order valence-corrected chi connectivity index (χ0v) is 21.6. The number of halogens is 1. The predicted molar refractivity (Wildman–Crippen MR) is 138 cm³/mol. The van der Waals surface area contributed by atoms with Gasteiger partial charge in [-0.2, -0.15) is 0 Å². The van der Waals surface area contributed by atoms with Crippen LogP contribution in [0.1, 0.15) is 43.4 Å². The maximum Gasteiger partial charge on any atom is 0.355 e. The highest BCUT2D eigenvalue weighted by atomic mass is 35.5. The molecule has 9 heteroatoms. The maximum absolute atomic E-state index is 13.0. The van der Waals surface area contributed by atoms with Crippen molar-refractivity contribution in [1.82, 2.24) is 5.32 Å². The van der Waals surface area contributed by atoms with Gasteiger partial charge in [0.05, 0.1) is 15.9 Å². The van der Waals surface area contributed by atoms with E-state index in [1.165, 1.54) is 24.3 Å². The van der Waals surface area contributed by atoms with Gasteiger partial charge >= 0.3 is 5.97 Å². The second-order valence-corrected chi connectivity index (χ2v) is 10.7. The molecular weight excluding hydrogens is 502 g/mol. The zero-order chi connectivity index (χ0) is 26.0. The van der Waals surface area contributed by atoms with Crippen molar-refractivity contribution < 1.29 is 28.1 Å². The summed E-state index contributed by atoms with van der Waals surface area (Å²) >= 11 is 5.96. The van der Waals surface area contributed by atoms with Gasteiger partial charge in [-0.25, -0.2) is 13.2 Å². The first-order chi connectivity index (χ1) is 17.3. The molecule has 7 nitrogen and oxygen atoms in total. The molecular formula is C27H30ClNO6S. The molecule has 0 amide bonds. The number of aryl methyl sites for hydroxylation is 1. The van der Waals surface area contributed by atoms with E-state index in [2.05, 4.69) is 5.32 Å². The molecule has 0 spiro atoms. The Bertz CT molecular complexity index is 1250. The van der Waals surface area contributed by atoms with Crippen molar-refractivity contribution in [3.05, 3.63) is 88.9 Å². The lowest BCUT2D eigenvalue weighted by molar-refractivity contribution is -0.213. The Morgan fingerprint density at radius 3 is 2.50 bits per heavy atom. The number of hydrogen-bond donors (Lipinski definition) is 2. The van der Waals surface area contributed by atoms with Crippen molar-refractivity contribution in [2.45, 2.75) is 48.5 Å². The van der Waals surface area contributed by atoms with Gasteiger partial charge in [-0.1, -0.05) is 48.9 Å². The first kappa shape index (κ1) is 27.7. The fourth-order valence-corrected chi connectivity index (χ4v) is 4.99. The van der Waals surface area contributed by atoms with E-state index in [0.29, 0.717) is 24.5 Å². The average Bonchev–Trinajstić information content (AvgIpc) is 2.88. The molecule has 0 saturated carbocycles. The topological polar surface area (TPSA) is 102 Å². The second-order valence-electron chi connectivity index (χ2n) is 8.29. The number of carbonyl (C=O) groups excluding carboxylic acids is 1. The third-order valence-electron chi connectivity index (χ3n) is 5.42. The third kappa shape index (κ3) is 8.06. The van der Waals surface area contributed by atoms with Crippen molar-refractivity contribution in [3.63, 3.8) is 0 Å². The van der Waals surface area contributed by atoms with E-state index < -0.39 is 21.9 Å². The minimum absolute atomic E-state index is 0.0433. The summed E-state index contributed by atoms with van der Waals surface area (Å²) in [5.74, 6) is -0.390. The fourth-order valence-electron chi connectivity index (χ4n) is 3.49. The van der Waals surface area contributed by atoms with Crippen LogP contribution >= 0.6 is 11.6 Å². The Hall–Kier alpha value is -2.91. The Morgan fingerprint density at radius 2 is 1.78 bits per heavy atom. The minimum atomic E-state index is -3.77. The lowest BCUT2D eigenvalue weighted by Crippen LogP contribution is -2.22. The Balaban J connectivity index is 1.50. The van der Waals surface area contributed by atoms with Gasteiger partial charge in [0.1, 0.15) is 0 Å². The molecule has 0 heterocycles. The van der Waals surface area contributed by atoms with Crippen LogP contribution in [0.2, 0.25) is 5.02 Å². The highest BCUT2D eigenvalue weighted by Gasteiger charge is 2.19. The molecule has 0 aliphatic carbocycles. The molecule has 0 aliphatic rings. The molecule has 0 aromatic heterocycles. The van der Waals surface area contributed by atoms with Crippen LogP contribution in [0.3, 0.4) is 0 Å². The summed E-state index contributed by atoms with van der Waals surface area (Å²) in [6.07, 6.45) is 1.78. The monoisotopic (exact) mass is 531 g/mol. The number of aliphatic hydroxyl groups is 1. The van der Waals surface area contributed by atoms with Gasteiger partial charge in [-0.3, -0.25) is 9.78 Å². The molecule has 0 fully saturated rings. The van der Waals surface area contributed by atoms with Gasteiger partial charge in [0, 0.05) is 24.1 Å². The van der Waals surface area contributed by atoms with E-state index in [1.54, 1.807) is 42.5 Å². The number of aliphatic hydroxyl groups excluding tert-OH is 1. The van der Waals surface area contributed by atoms with E-state index in [9.17, 15) is 18.3 Å². The molecule has 36 heavy (non-hydrogen) atoms. The van der Waals surface area contributed by atoms with Crippen LogP contribution in [0, 0.1) is 0 Å². The molecule has 3 rings (SSSR count). The first-order valence-electron chi connectivity index (χ1n) is 11.8. The van der Waals surface area contributed by atoms with Gasteiger partial charge in [-0.05, 0) is 73.3 Å². The van der Waals surface area contributed by atoms with Gasteiger partial charge in [0.15, 0.2) is 5.75 Å². The summed E-state index contributed by atoms with van der Waals surface area (Å²) in [7, 11) is -3.77. The first-order valence-corrected chi connectivity index (χ1v) is 13.6. The summed E-state index contributed by atoms with van der Waals surface area (Å²) < 4.78 is 26.1. The maximum atomic E-state index is 13.0. The number of hydrogen-bond acceptors (Lipinski definition) is 7. The summed E-state index contributed by atoms with van der Waals surface area (Å²) in [4.78, 5) is 21.4. The lowest BCUT2D eigenvalue weighted by Gasteiger charge is -2.12. The van der Waals surface area contributed by atoms with E-state index in [-0.39, 0.29) is 22.0 Å². The van der Waals surface area contributed by atoms with Crippen LogP contribution in [0.5, 0.6) is 5.75 Å². The molecule has 2 N–H and O–H groups in total. The Morgan fingerprint density at radius 1 is 1.03 bits per heavy atom. The van der Waals surface area contributed by atoms with Gasteiger partial charge < -0.3 is 10.4 Å². The van der Waals surface area contributed by atoms with E-state index >= 15 is 0 Å². The highest BCUT2D eigenvalue weighted by Crippen LogP contribution is 2.25. The van der Waals surface area contributed by atoms with E-state index in [1.807, 2.05) is 13.0 Å². The lowest BCUT2D eigenvalue weighted by atomic mass is 10.1. The summed E-state index contributed by atoms with van der Waals surface area (Å²) in [5.41, 5.74) is 1.77. The van der Waals surface area contributed by atoms with Crippen LogP contribution in [0.25, 0.3) is 0 Å². The predicted octanol–water partition coefficient (Wildman–Crippen LogP) is 5.07. The third-order valence-corrected chi connectivity index (χ3v) is 7.43. The van der Waals surface area contributed by atoms with Gasteiger partial charge in [-0.15, -0.1) is 0 Å². The van der Waals surface area contributed by atoms with Crippen molar-refractivity contribution in [1.29, 1.82) is 0 Å². The molecule has 0 bridgehead atoms. The fraction of sp³-hybridized carbons (Fsp3) is 0.296. The van der Waals surface area contributed by atoms with E-state index in [0.717, 1.165) is 24.0 Å². The second kappa shape index (κ2) is 13.4. The van der Waals surface area contributed by atoms with Gasteiger partial charge in [0.25, 0.3) is 0 Å². The van der Waals surface area contributed by atoms with Crippen LogP contribution in [-0.4, -0.2) is 32.6 Å². The molecule has 0 radical (unpaired) electrons. The Labute approximate surface area is 216 Å². The van der Waals surface area contributed by atoms with Gasteiger partial charge in [0.2, 0.25) is 9.84 Å². The number of rotatable bonds is 13. The van der Waals surface area contributed by atoms with Crippen LogP contribution in [0.15, 0.2) is 82.6 Å². The van der Waals surface area contributed by atoms with E-state index in [4.69, 9.17) is 21.4 Å². The van der Waals surface area contributed by atoms with Crippen LogP contribution in [0.4, 0.5) is 0 Å². The van der Waals surface area contributed by atoms with Crippen LogP contribution in [-0.2, 0) is 25.9 Å². The molecule has 0 saturated heterocycles. The van der Waals surface area contributed by atoms with Crippen molar-refractivity contribution in [2.24, 2.45) is 0 Å². The summed E-state index contributed by atoms with van der Waals surface area (Å²) in [6.45, 7) is 2.96. The molecule has 0 unspecified atom stereocenters. The largest absolute Gasteiger partial charge is 0.387 e. The molecule has 3 aromatic carbocycles. The summed E-state index contributed by atoms with van der Waals surface area (Å²) in [6, 6.07) is 19.7. The van der Waals surface area contributed by atoms with Crippen molar-refractivity contribution in [2.75, 3.05) is 13.1 Å². The average molecular weight is 532 g/mol. The molecule has 3 aromatic rings. The quantitative estimate of drug-likeness (QED) is 0.180. The standard InChI is InChI=1S/C27H30ClNO6S/c1-2-6-27(31)35-34-23-10-4-11-25(18-23)36(32,33)24-14-12-20(13-15-24)7-5-16-29-19-26(30)21-8-3-9-22(28)17-21/h3-4,8-15,17-18,26,29-30H,2,5-7,16,19H2,1H3/t26-/m0/s1. The minimum Gasteiger partial charge on any atom is -0.387 e. The normalized spacial score (nSPS) is 12.2. The highest BCUT2D eigenvalue weighted by molar-refractivity contribution is 7.91.